The van der Waals surface area contributed by atoms with Crippen molar-refractivity contribution in [3.05, 3.63) is 22.4 Å². The van der Waals surface area contributed by atoms with Crippen LogP contribution in [0.5, 0.6) is 0 Å². The number of nitrogens with two attached hydrogens (primary N) is 1. The molecular formula is C20H22FN9O11P2S2. The fraction of sp³-hybridized carbons (Fsp3) is 0.550. The highest BCUT2D eigenvalue weighted by Crippen LogP contribution is 2.58. The Morgan fingerprint density at radius 2 is 1.91 bits per heavy atom. The number of fused-ring (bicyclic) bond motifs is 5. The van der Waals surface area contributed by atoms with Crippen LogP contribution >= 0.6 is 25.8 Å². The van der Waals surface area contributed by atoms with E-state index in [4.69, 9.17) is 45.1 Å². The van der Waals surface area contributed by atoms with Gasteiger partial charge in [0.15, 0.2) is 47.1 Å². The molecule has 45 heavy (non-hydrogen) atoms. The highest BCUT2D eigenvalue weighted by molar-refractivity contribution is 8.44. The number of Topliss-reactive ketones (excluding diaryl/α,β-unsaturated/α-hetero) is 1. The van der Waals surface area contributed by atoms with Crippen LogP contribution in [0.4, 0.5) is 16.2 Å². The van der Waals surface area contributed by atoms with Gasteiger partial charge in [-0.05, 0) is 11.8 Å². The number of ketones is 1. The van der Waals surface area contributed by atoms with Crippen molar-refractivity contribution in [2.75, 3.05) is 18.9 Å². The average molecular weight is 710 g/mol. The van der Waals surface area contributed by atoms with Crippen molar-refractivity contribution >= 4 is 72.5 Å². The van der Waals surface area contributed by atoms with Gasteiger partial charge in [0, 0.05) is 12.6 Å². The number of nitrogen functional groups attached to an aromatic ring is 1. The Kier molecular flexibility index (Phi) is 7.82. The number of rotatable bonds is 2. The zero-order chi connectivity index (χ0) is 31.8. The van der Waals surface area contributed by atoms with Crippen molar-refractivity contribution < 1.29 is 51.3 Å². The molecular weight excluding hydrogens is 687 g/mol. The number of carbonyl (C=O) groups excluding carboxylic acids is 1. The number of H-pyrrole nitrogens is 1. The third-order valence-electron chi connectivity index (χ3n) is 7.28. The van der Waals surface area contributed by atoms with Crippen molar-refractivity contribution in [2.24, 2.45) is 4.99 Å². The van der Waals surface area contributed by atoms with Gasteiger partial charge < -0.3 is 29.7 Å². The molecule has 4 aliphatic rings. The number of hydrogen-bond donors (Lipinski definition) is 5. The minimum atomic E-state index is -4.45. The monoisotopic (exact) mass is 709 g/mol. The normalized spacial score (nSPS) is 38.8. The minimum Gasteiger partial charge on any atom is -0.387 e. The molecule has 3 aromatic rings. The van der Waals surface area contributed by atoms with Crippen LogP contribution in [0, 0.1) is 0 Å². The Morgan fingerprint density at radius 1 is 1.16 bits per heavy atom. The first-order chi connectivity index (χ1) is 21.3. The molecule has 10 atom stereocenters. The number of halogens is 1. The van der Waals surface area contributed by atoms with Crippen molar-refractivity contribution in [3.8, 4) is 0 Å². The Morgan fingerprint density at radius 3 is 2.71 bits per heavy atom. The summed E-state index contributed by atoms with van der Waals surface area (Å²) < 4.78 is 65.3. The van der Waals surface area contributed by atoms with Crippen molar-refractivity contribution in [1.82, 2.24) is 34.5 Å². The molecule has 0 amide bonds. The number of imidazole rings is 1. The molecule has 3 aromatic heterocycles. The van der Waals surface area contributed by atoms with Crippen LogP contribution < -0.4 is 11.3 Å². The zero-order valence-electron chi connectivity index (χ0n) is 22.3. The standard InChI is InChI=1S/C20H22FN9O11P2S2/c21-9-13-8(39-18(9)29-5-24-10-6(31)1-2-23-15(10)29)4-37-43(35,45)41-14-12(32)7(3-36-42(34,44)40-13)38-19(14)30-16-11(27-28-30)17(33)26-20(22)25-16/h2,5,7-9,12-14,18-19,32H,1,3-4H2,(H,34,44)(H,35,45)(H3,22,25,26,33)/t7-,8-,9+,12-,13-,14-,18-,19-,42?,43?/m1/s1. The smallest absolute Gasteiger partial charge is 0.386 e. The number of carbonyl (C=O) groups is 1. The highest BCUT2D eigenvalue weighted by Gasteiger charge is 2.54. The fourth-order valence-electron chi connectivity index (χ4n) is 5.25. The van der Waals surface area contributed by atoms with Gasteiger partial charge in [0.25, 0.3) is 5.56 Å². The van der Waals surface area contributed by atoms with Gasteiger partial charge >= 0.3 is 13.5 Å². The number of ether oxygens (including phenoxy) is 2. The molecule has 242 valence electrons. The first-order valence-corrected chi connectivity index (χ1v) is 18.3. The second kappa shape index (κ2) is 11.3. The maximum atomic E-state index is 16.0. The van der Waals surface area contributed by atoms with Gasteiger partial charge in [-0.1, -0.05) is 17.5 Å². The summed E-state index contributed by atoms with van der Waals surface area (Å²) in [5.74, 6) is -0.561. The average Bonchev–Trinajstić information content (AvgIpc) is 3.72. The second-order valence-electron chi connectivity index (χ2n) is 10.2. The maximum absolute atomic E-state index is 16.0. The largest absolute Gasteiger partial charge is 0.387 e. The van der Waals surface area contributed by atoms with Crippen LogP contribution in [0.3, 0.4) is 0 Å². The molecule has 0 spiro atoms. The van der Waals surface area contributed by atoms with Gasteiger partial charge in [-0.15, -0.1) is 5.10 Å². The highest BCUT2D eigenvalue weighted by atomic mass is 32.7. The van der Waals surface area contributed by atoms with E-state index in [-0.39, 0.29) is 40.8 Å². The summed E-state index contributed by atoms with van der Waals surface area (Å²) in [6.45, 7) is -10.1. The number of anilines is 1. The van der Waals surface area contributed by atoms with E-state index >= 15 is 4.39 Å². The maximum Gasteiger partial charge on any atom is 0.386 e. The van der Waals surface area contributed by atoms with Gasteiger partial charge in [0.05, 0.1) is 19.5 Å². The molecule has 5 N–H and O–H groups in total. The van der Waals surface area contributed by atoms with Gasteiger partial charge in [-0.3, -0.25) is 32.7 Å². The van der Waals surface area contributed by atoms with Crippen LogP contribution in [0.25, 0.3) is 11.2 Å². The molecule has 0 aromatic carbocycles. The third kappa shape index (κ3) is 5.59. The molecule has 0 saturated carbocycles. The number of aliphatic hydroxyl groups is 1. The Labute approximate surface area is 260 Å². The summed E-state index contributed by atoms with van der Waals surface area (Å²) in [6, 6.07) is 0. The number of aliphatic hydroxyl groups excluding tert-OH is 1. The molecule has 0 radical (unpaired) electrons. The molecule has 20 nitrogen and oxygen atoms in total. The number of alkyl halides is 1. The van der Waals surface area contributed by atoms with Crippen LogP contribution in [0.15, 0.2) is 16.1 Å². The predicted molar refractivity (Wildman–Crippen MR) is 153 cm³/mol. The van der Waals surface area contributed by atoms with E-state index in [2.05, 4.69) is 42.5 Å². The number of nitrogens with zero attached hydrogens (tertiary/aromatic N) is 7. The molecule has 7 rings (SSSR count). The molecule has 0 aliphatic carbocycles. The molecule has 2 bridgehead atoms. The zero-order valence-corrected chi connectivity index (χ0v) is 25.8. The lowest BCUT2D eigenvalue weighted by atomic mass is 10.1. The number of thiol groups is 1. The van der Waals surface area contributed by atoms with Crippen molar-refractivity contribution in [3.63, 3.8) is 0 Å². The predicted octanol–water partition coefficient (Wildman–Crippen LogP) is -0.152. The number of hydrogen-bond acceptors (Lipinski definition) is 17. The number of aromatic nitrogens is 7. The van der Waals surface area contributed by atoms with E-state index < -0.39 is 81.4 Å². The van der Waals surface area contributed by atoms with Gasteiger partial charge in [0.1, 0.15) is 30.5 Å². The third-order valence-corrected chi connectivity index (χ3v) is 10.5. The van der Waals surface area contributed by atoms with Gasteiger partial charge in [0.2, 0.25) is 5.95 Å². The summed E-state index contributed by atoms with van der Waals surface area (Å²) in [7, 11) is 0. The number of aliphatic imine (C=N–C) groups is 1. The van der Waals surface area contributed by atoms with E-state index in [1.165, 1.54) is 17.1 Å². The molecule has 4 aliphatic heterocycles. The van der Waals surface area contributed by atoms with Gasteiger partial charge in [-0.25, -0.2) is 18.9 Å². The molecule has 3 saturated heterocycles. The summed E-state index contributed by atoms with van der Waals surface area (Å²) in [5.41, 5.74) is 4.58. The summed E-state index contributed by atoms with van der Waals surface area (Å²) in [5, 5.41) is 18.7. The van der Waals surface area contributed by atoms with E-state index in [0.29, 0.717) is 0 Å². The van der Waals surface area contributed by atoms with E-state index in [0.717, 1.165) is 4.68 Å². The second-order valence-corrected chi connectivity index (χ2v) is 15.8. The first kappa shape index (κ1) is 31.1. The van der Waals surface area contributed by atoms with Crippen LogP contribution in [0.2, 0.25) is 0 Å². The molecule has 7 heterocycles. The summed E-state index contributed by atoms with van der Waals surface area (Å²) in [6.07, 6.45) is -10.0. The lowest BCUT2D eigenvalue weighted by Crippen LogP contribution is -2.35. The first-order valence-electron chi connectivity index (χ1n) is 13.0. The van der Waals surface area contributed by atoms with Crippen molar-refractivity contribution in [1.29, 1.82) is 0 Å². The Bertz CT molecular complexity index is 1870. The Balaban J connectivity index is 1.20. The van der Waals surface area contributed by atoms with Gasteiger partial charge in [-0.2, -0.15) is 9.67 Å². The molecule has 25 heteroatoms. The van der Waals surface area contributed by atoms with Crippen LogP contribution in [-0.4, -0.2) is 106 Å². The van der Waals surface area contributed by atoms with E-state index in [1.807, 2.05) is 0 Å². The minimum absolute atomic E-state index is 0.0164. The Hall–Kier alpha value is -2.53. The number of aromatic amines is 1. The van der Waals surface area contributed by atoms with Crippen molar-refractivity contribution in [2.45, 2.75) is 55.6 Å². The van der Waals surface area contributed by atoms with Crippen LogP contribution in [-0.2, 0) is 43.9 Å². The fourth-order valence-corrected chi connectivity index (χ4v) is 8.15. The summed E-state index contributed by atoms with van der Waals surface area (Å²) >= 11 is 9.15. The van der Waals surface area contributed by atoms with E-state index in [9.17, 15) is 24.2 Å². The summed E-state index contributed by atoms with van der Waals surface area (Å²) in [4.78, 5) is 49.8. The SMILES string of the molecule is Nc1nc2c(nnn2[C@@H]2O[C@@H]3COP(O)(=S)O[C@H]4[C@H](F)[C@H](n5cnc6c5N=CCC6=O)O[C@@H]4COP(=O)(S)O[C@@H]2[C@@H]3O)c(=O)[nH]1. The lowest BCUT2D eigenvalue weighted by Gasteiger charge is -2.26. The van der Waals surface area contributed by atoms with Crippen LogP contribution in [0.1, 0.15) is 29.4 Å². The topological polar surface area (TPSA) is 263 Å². The van der Waals surface area contributed by atoms with E-state index in [1.54, 1.807) is 0 Å². The molecule has 2 unspecified atom stereocenters. The quantitative estimate of drug-likeness (QED) is 0.171. The molecule has 3 fully saturated rings. The number of nitrogens with one attached hydrogen (secondary N) is 1. The lowest BCUT2D eigenvalue weighted by molar-refractivity contribution is -0.0627.